The quantitative estimate of drug-likeness (QED) is 0.493. The van der Waals surface area contributed by atoms with Crippen molar-refractivity contribution in [3.8, 4) is 0 Å². The maximum atomic E-state index is 11.3. The summed E-state index contributed by atoms with van der Waals surface area (Å²) in [5.41, 5.74) is -0.496. The Balaban J connectivity index is 3.83. The van der Waals surface area contributed by atoms with Gasteiger partial charge in [0.15, 0.2) is 0 Å². The molecule has 1 atom stereocenters. The van der Waals surface area contributed by atoms with E-state index < -0.39 is 5.60 Å². The Labute approximate surface area is 89.8 Å². The van der Waals surface area contributed by atoms with Crippen LogP contribution in [-0.4, -0.2) is 35.7 Å². The van der Waals surface area contributed by atoms with Crippen LogP contribution in [0.4, 0.5) is 0 Å². The van der Waals surface area contributed by atoms with Gasteiger partial charge >= 0.3 is 5.97 Å². The zero-order valence-electron chi connectivity index (χ0n) is 9.45. The second-order valence-electron chi connectivity index (χ2n) is 4.29. The number of aliphatic hydroxyl groups excluding tert-OH is 1. The number of rotatable bonds is 6. The number of esters is 1. The monoisotopic (exact) mass is 217 g/mol. The van der Waals surface area contributed by atoms with Crippen molar-refractivity contribution < 1.29 is 19.4 Å². The highest BCUT2D eigenvalue weighted by molar-refractivity contribution is 5.69. The van der Waals surface area contributed by atoms with Crippen LogP contribution in [0, 0.1) is 0 Å². The Kier molecular flexibility index (Phi) is 5.93. The predicted octanol–water partition coefficient (Wildman–Crippen LogP) is 0.215. The van der Waals surface area contributed by atoms with E-state index in [1.165, 1.54) is 0 Å². The molecule has 0 aliphatic rings. The van der Waals surface area contributed by atoms with Crippen LogP contribution in [0.1, 0.15) is 33.6 Å². The Morgan fingerprint density at radius 2 is 2.13 bits per heavy atom. The Morgan fingerprint density at radius 1 is 1.53 bits per heavy atom. The molecule has 5 nitrogen and oxygen atoms in total. The molecule has 0 heterocycles. The Bertz CT molecular complexity index is 210. The van der Waals surface area contributed by atoms with Crippen molar-refractivity contribution in [2.24, 2.45) is 0 Å². The molecule has 0 spiro atoms. The molecule has 2 N–H and O–H groups in total. The van der Waals surface area contributed by atoms with Crippen LogP contribution in [0.5, 0.6) is 0 Å². The summed E-state index contributed by atoms with van der Waals surface area (Å²) in [6.45, 7) is 5.19. The van der Waals surface area contributed by atoms with Gasteiger partial charge in [-0.05, 0) is 27.2 Å². The molecule has 0 radical (unpaired) electrons. The van der Waals surface area contributed by atoms with Crippen molar-refractivity contribution in [3.63, 3.8) is 0 Å². The number of aliphatic hydroxyl groups is 1. The molecule has 88 valence electrons. The molecule has 0 rings (SSSR count). The van der Waals surface area contributed by atoms with Crippen molar-refractivity contribution in [3.05, 3.63) is 0 Å². The third-order valence-corrected chi connectivity index (χ3v) is 1.64. The van der Waals surface area contributed by atoms with E-state index in [-0.39, 0.29) is 25.0 Å². The van der Waals surface area contributed by atoms with Gasteiger partial charge in [-0.15, -0.1) is 0 Å². The third kappa shape index (κ3) is 7.93. The van der Waals surface area contributed by atoms with E-state index in [2.05, 4.69) is 5.32 Å². The molecule has 0 fully saturated rings. The highest BCUT2D eigenvalue weighted by atomic mass is 16.6. The van der Waals surface area contributed by atoms with Gasteiger partial charge in [0, 0.05) is 6.42 Å². The first-order valence-corrected chi connectivity index (χ1v) is 4.91. The number of amides is 1. The fraction of sp³-hybridized carbons (Fsp3) is 0.800. The summed E-state index contributed by atoms with van der Waals surface area (Å²) in [6, 6.07) is -0.380. The van der Waals surface area contributed by atoms with Gasteiger partial charge in [-0.25, -0.2) is 0 Å². The smallest absolute Gasteiger partial charge is 0.306 e. The zero-order chi connectivity index (χ0) is 11.9. The Hall–Kier alpha value is -1.10. The average Bonchev–Trinajstić information content (AvgIpc) is 2.09. The van der Waals surface area contributed by atoms with Crippen molar-refractivity contribution >= 4 is 12.4 Å². The van der Waals surface area contributed by atoms with Crippen LogP contribution in [0.3, 0.4) is 0 Å². The number of ether oxygens (including phenoxy) is 1. The minimum atomic E-state index is -0.496. The summed E-state index contributed by atoms with van der Waals surface area (Å²) < 4.78 is 5.07. The van der Waals surface area contributed by atoms with Crippen LogP contribution < -0.4 is 5.32 Å². The molecule has 0 saturated heterocycles. The summed E-state index contributed by atoms with van der Waals surface area (Å²) in [7, 11) is 0. The summed E-state index contributed by atoms with van der Waals surface area (Å²) in [5, 5.41) is 11.2. The van der Waals surface area contributed by atoms with Crippen molar-refractivity contribution in [1.82, 2.24) is 5.32 Å². The summed E-state index contributed by atoms with van der Waals surface area (Å²) in [6.07, 6.45) is 1.07. The number of nitrogens with one attached hydrogen (secondary N) is 1. The van der Waals surface area contributed by atoms with Gasteiger partial charge in [0.25, 0.3) is 0 Å². The number of hydrogen-bond acceptors (Lipinski definition) is 4. The van der Waals surface area contributed by atoms with Gasteiger partial charge in [-0.2, -0.15) is 0 Å². The molecular weight excluding hydrogens is 198 g/mol. The number of hydrogen-bond donors (Lipinski definition) is 2. The summed E-state index contributed by atoms with van der Waals surface area (Å²) >= 11 is 0. The lowest BCUT2D eigenvalue weighted by Crippen LogP contribution is -2.32. The Morgan fingerprint density at radius 3 is 2.53 bits per heavy atom. The summed E-state index contributed by atoms with van der Waals surface area (Å²) in [4.78, 5) is 21.4. The van der Waals surface area contributed by atoms with Crippen LogP contribution >= 0.6 is 0 Å². The molecule has 0 bridgehead atoms. The molecular formula is C10H19NO4. The molecule has 0 aliphatic carbocycles. The lowest BCUT2D eigenvalue weighted by molar-refractivity contribution is -0.155. The minimum absolute atomic E-state index is 0.179. The van der Waals surface area contributed by atoms with Crippen molar-refractivity contribution in [2.75, 3.05) is 6.61 Å². The van der Waals surface area contributed by atoms with E-state index in [1.54, 1.807) is 20.8 Å². The molecule has 1 unspecified atom stereocenters. The SMILES string of the molecule is CC(C)(C)OC(=O)CCC(CO)NC=O. The molecule has 0 aromatic heterocycles. The first-order chi connectivity index (χ1) is 6.89. The predicted molar refractivity (Wildman–Crippen MR) is 55.2 cm³/mol. The summed E-state index contributed by atoms with van der Waals surface area (Å²) in [5.74, 6) is -0.325. The van der Waals surface area contributed by atoms with Gasteiger partial charge in [0.2, 0.25) is 6.41 Å². The van der Waals surface area contributed by atoms with Gasteiger partial charge in [-0.3, -0.25) is 9.59 Å². The second kappa shape index (κ2) is 6.40. The van der Waals surface area contributed by atoms with Crippen molar-refractivity contribution in [2.45, 2.75) is 45.3 Å². The van der Waals surface area contributed by atoms with E-state index in [9.17, 15) is 9.59 Å². The van der Waals surface area contributed by atoms with E-state index in [0.29, 0.717) is 12.8 Å². The number of carbonyl (C=O) groups excluding carboxylic acids is 2. The third-order valence-electron chi connectivity index (χ3n) is 1.64. The molecule has 0 aromatic carbocycles. The highest BCUT2D eigenvalue weighted by Gasteiger charge is 2.17. The fourth-order valence-electron chi connectivity index (χ4n) is 1.01. The lowest BCUT2D eigenvalue weighted by atomic mass is 10.1. The van der Waals surface area contributed by atoms with Crippen LogP contribution in [0.15, 0.2) is 0 Å². The topological polar surface area (TPSA) is 75.6 Å². The van der Waals surface area contributed by atoms with Crippen LogP contribution in [0.25, 0.3) is 0 Å². The van der Waals surface area contributed by atoms with E-state index in [4.69, 9.17) is 9.84 Å². The normalized spacial score (nSPS) is 13.1. The lowest BCUT2D eigenvalue weighted by Gasteiger charge is -2.20. The highest BCUT2D eigenvalue weighted by Crippen LogP contribution is 2.09. The van der Waals surface area contributed by atoms with Gasteiger partial charge in [-0.1, -0.05) is 0 Å². The standard InChI is InChI=1S/C10H19NO4/c1-10(2,3)15-9(14)5-4-8(6-12)11-7-13/h7-8,12H,4-6H2,1-3H3,(H,11,13). The molecule has 15 heavy (non-hydrogen) atoms. The average molecular weight is 217 g/mol. The van der Waals surface area contributed by atoms with Gasteiger partial charge in [0.05, 0.1) is 12.6 Å². The molecule has 0 saturated carbocycles. The molecule has 0 aromatic rings. The fourth-order valence-corrected chi connectivity index (χ4v) is 1.01. The molecule has 5 heteroatoms. The molecule has 0 aliphatic heterocycles. The van der Waals surface area contributed by atoms with Crippen LogP contribution in [0.2, 0.25) is 0 Å². The largest absolute Gasteiger partial charge is 0.460 e. The van der Waals surface area contributed by atoms with Crippen molar-refractivity contribution in [1.29, 1.82) is 0 Å². The van der Waals surface area contributed by atoms with E-state index in [1.807, 2.05) is 0 Å². The van der Waals surface area contributed by atoms with E-state index >= 15 is 0 Å². The minimum Gasteiger partial charge on any atom is -0.460 e. The maximum Gasteiger partial charge on any atom is 0.306 e. The van der Waals surface area contributed by atoms with Crippen LogP contribution in [-0.2, 0) is 14.3 Å². The van der Waals surface area contributed by atoms with E-state index in [0.717, 1.165) is 0 Å². The maximum absolute atomic E-state index is 11.3. The van der Waals surface area contributed by atoms with Gasteiger partial charge in [0.1, 0.15) is 5.60 Å². The first kappa shape index (κ1) is 13.9. The number of carbonyl (C=O) groups is 2. The second-order valence-corrected chi connectivity index (χ2v) is 4.29. The zero-order valence-corrected chi connectivity index (χ0v) is 9.45. The first-order valence-electron chi connectivity index (χ1n) is 4.91. The molecule has 1 amide bonds. The van der Waals surface area contributed by atoms with Gasteiger partial charge < -0.3 is 15.2 Å².